The Labute approximate surface area is 120 Å². The molecule has 0 radical (unpaired) electrons. The van der Waals surface area contributed by atoms with Crippen LogP contribution >= 0.6 is 0 Å². The smallest absolute Gasteiger partial charge is 0.234 e. The quantitative estimate of drug-likeness (QED) is 0.593. The van der Waals surface area contributed by atoms with Crippen LogP contribution in [0.5, 0.6) is 0 Å². The normalized spacial score (nSPS) is 14.4. The minimum Gasteiger partial charge on any atom is -0.380 e. The maximum Gasteiger partial charge on any atom is 0.234 e. The number of aromatic amines is 1. The molecule has 1 aromatic heterocycles. The van der Waals surface area contributed by atoms with Crippen LogP contribution in [-0.4, -0.2) is 41.2 Å². The molecule has 4 N–H and O–H groups in total. The fraction of sp³-hybridized carbons (Fsp3) is 0.714. The zero-order valence-electron chi connectivity index (χ0n) is 12.6. The van der Waals surface area contributed by atoms with Crippen molar-refractivity contribution in [1.29, 1.82) is 0 Å². The molecule has 0 aliphatic heterocycles. The molecule has 0 bridgehead atoms. The molecule has 1 amide bonds. The minimum atomic E-state index is -0.417. The topological polar surface area (TPSA) is 93.0 Å². The van der Waals surface area contributed by atoms with E-state index in [1.807, 2.05) is 6.92 Å². The van der Waals surface area contributed by atoms with Crippen molar-refractivity contribution in [1.82, 2.24) is 15.3 Å². The lowest BCUT2D eigenvalue weighted by Gasteiger charge is -2.25. The minimum absolute atomic E-state index is 0.121. The Morgan fingerprint density at radius 1 is 1.55 bits per heavy atom. The summed E-state index contributed by atoms with van der Waals surface area (Å²) in [5.41, 5.74) is 6.37. The van der Waals surface area contributed by atoms with E-state index in [1.54, 1.807) is 12.5 Å². The zero-order chi connectivity index (χ0) is 15.0. The molecule has 0 unspecified atom stereocenters. The summed E-state index contributed by atoms with van der Waals surface area (Å²) in [7, 11) is 0. The molecule has 1 aromatic rings. The number of amides is 1. The summed E-state index contributed by atoms with van der Waals surface area (Å²) in [4.78, 5) is 18.5. The van der Waals surface area contributed by atoms with Crippen molar-refractivity contribution in [2.75, 3.05) is 13.2 Å². The second-order valence-corrected chi connectivity index (χ2v) is 5.39. The van der Waals surface area contributed by atoms with Crippen LogP contribution in [0.3, 0.4) is 0 Å². The lowest BCUT2D eigenvalue weighted by atomic mass is 10.0. The number of carbonyl (C=O) groups is 1. The average Bonchev–Trinajstić information content (AvgIpc) is 2.87. The van der Waals surface area contributed by atoms with Crippen molar-refractivity contribution >= 4 is 5.91 Å². The number of ether oxygens (including phenoxy) is 1. The van der Waals surface area contributed by atoms with Crippen molar-refractivity contribution in [3.05, 3.63) is 18.2 Å². The van der Waals surface area contributed by atoms with E-state index in [1.165, 1.54) is 0 Å². The summed E-state index contributed by atoms with van der Waals surface area (Å²) >= 11 is 0. The van der Waals surface area contributed by atoms with Gasteiger partial charge in [0.2, 0.25) is 5.91 Å². The van der Waals surface area contributed by atoms with Gasteiger partial charge in [-0.2, -0.15) is 0 Å². The predicted molar refractivity (Wildman–Crippen MR) is 78.1 cm³/mol. The number of nitrogens with one attached hydrogen (secondary N) is 2. The Kier molecular flexibility index (Phi) is 7.25. The predicted octanol–water partition coefficient (Wildman–Crippen LogP) is 0.847. The van der Waals surface area contributed by atoms with Gasteiger partial charge in [-0.1, -0.05) is 13.8 Å². The Morgan fingerprint density at radius 2 is 2.30 bits per heavy atom. The highest BCUT2D eigenvalue weighted by atomic mass is 16.5. The monoisotopic (exact) mass is 282 g/mol. The van der Waals surface area contributed by atoms with Crippen LogP contribution in [0, 0.1) is 5.92 Å². The fourth-order valence-corrected chi connectivity index (χ4v) is 2.16. The second-order valence-electron chi connectivity index (χ2n) is 5.39. The van der Waals surface area contributed by atoms with Gasteiger partial charge >= 0.3 is 0 Å². The van der Waals surface area contributed by atoms with Crippen molar-refractivity contribution in [2.24, 2.45) is 11.7 Å². The number of hydrogen-bond donors (Lipinski definition) is 3. The molecule has 6 nitrogen and oxygen atoms in total. The molecule has 0 spiro atoms. The number of hydrogen-bond acceptors (Lipinski definition) is 4. The third kappa shape index (κ3) is 6.16. The van der Waals surface area contributed by atoms with Gasteiger partial charge < -0.3 is 20.8 Å². The van der Waals surface area contributed by atoms with Crippen LogP contribution in [0.15, 0.2) is 12.5 Å². The lowest BCUT2D eigenvalue weighted by Crippen LogP contribution is -2.49. The van der Waals surface area contributed by atoms with Gasteiger partial charge in [-0.3, -0.25) is 4.79 Å². The number of rotatable bonds is 10. The van der Waals surface area contributed by atoms with E-state index in [4.69, 9.17) is 10.5 Å². The van der Waals surface area contributed by atoms with Crippen molar-refractivity contribution in [2.45, 2.75) is 45.7 Å². The Bertz CT molecular complexity index is 379. The van der Waals surface area contributed by atoms with Gasteiger partial charge in [0, 0.05) is 31.0 Å². The zero-order valence-corrected chi connectivity index (χ0v) is 12.6. The number of nitrogens with zero attached hydrogens (tertiary/aromatic N) is 1. The van der Waals surface area contributed by atoms with Crippen LogP contribution in [0.1, 0.15) is 32.9 Å². The highest BCUT2D eigenvalue weighted by molar-refractivity contribution is 5.80. The first-order valence-corrected chi connectivity index (χ1v) is 7.13. The van der Waals surface area contributed by atoms with Crippen molar-refractivity contribution < 1.29 is 9.53 Å². The molecule has 0 fully saturated rings. The standard InChI is InChI=1S/C14H26N4O2/c1-4-20-8-12(5-10(2)3)18-13(14(15)19)6-11-7-16-9-17-11/h7,9-10,12-13,18H,4-6,8H2,1-3H3,(H2,15,19)(H,16,17)/t12-,13-/m0/s1. The van der Waals surface area contributed by atoms with Crippen LogP contribution < -0.4 is 11.1 Å². The number of primary amides is 1. The van der Waals surface area contributed by atoms with Gasteiger partial charge in [-0.15, -0.1) is 0 Å². The molecule has 20 heavy (non-hydrogen) atoms. The Hall–Kier alpha value is -1.40. The number of H-pyrrole nitrogens is 1. The van der Waals surface area contributed by atoms with E-state index in [0.29, 0.717) is 25.6 Å². The van der Waals surface area contributed by atoms with E-state index >= 15 is 0 Å². The summed E-state index contributed by atoms with van der Waals surface area (Å²) in [6.45, 7) is 7.51. The van der Waals surface area contributed by atoms with Gasteiger partial charge in [0.15, 0.2) is 0 Å². The van der Waals surface area contributed by atoms with Crippen molar-refractivity contribution in [3.8, 4) is 0 Å². The molecule has 0 aromatic carbocycles. The lowest BCUT2D eigenvalue weighted by molar-refractivity contribution is -0.120. The number of nitrogens with two attached hydrogens (primary N) is 1. The largest absolute Gasteiger partial charge is 0.380 e. The highest BCUT2D eigenvalue weighted by Crippen LogP contribution is 2.08. The average molecular weight is 282 g/mol. The maximum atomic E-state index is 11.6. The third-order valence-corrected chi connectivity index (χ3v) is 3.04. The summed E-state index contributed by atoms with van der Waals surface area (Å²) < 4.78 is 5.48. The molecule has 0 saturated heterocycles. The van der Waals surface area contributed by atoms with Crippen molar-refractivity contribution in [3.63, 3.8) is 0 Å². The second kappa shape index (κ2) is 8.71. The molecule has 0 aliphatic carbocycles. The van der Waals surface area contributed by atoms with Gasteiger partial charge in [-0.25, -0.2) is 4.98 Å². The molecule has 1 heterocycles. The highest BCUT2D eigenvalue weighted by Gasteiger charge is 2.21. The first-order chi connectivity index (χ1) is 9.52. The van der Waals surface area contributed by atoms with E-state index in [9.17, 15) is 4.79 Å². The van der Waals surface area contributed by atoms with Gasteiger partial charge in [0.25, 0.3) is 0 Å². The molecular formula is C14H26N4O2. The molecule has 1 rings (SSSR count). The number of aromatic nitrogens is 2. The molecule has 114 valence electrons. The first kappa shape index (κ1) is 16.7. The van der Waals surface area contributed by atoms with E-state index in [-0.39, 0.29) is 11.9 Å². The van der Waals surface area contributed by atoms with E-state index < -0.39 is 6.04 Å². The van der Waals surface area contributed by atoms with Crippen LogP contribution in [-0.2, 0) is 16.0 Å². The SMILES string of the molecule is CCOC[C@H](CC(C)C)N[C@@H](Cc1cnc[nH]1)C(N)=O. The number of imidazole rings is 1. The summed E-state index contributed by atoms with van der Waals surface area (Å²) in [6, 6.07) is -0.296. The first-order valence-electron chi connectivity index (χ1n) is 7.13. The molecule has 0 saturated carbocycles. The van der Waals surface area contributed by atoms with Gasteiger partial charge in [0.05, 0.1) is 19.0 Å². The number of carbonyl (C=O) groups excluding carboxylic acids is 1. The van der Waals surface area contributed by atoms with Gasteiger partial charge in [-0.05, 0) is 19.3 Å². The molecular weight excluding hydrogens is 256 g/mol. The maximum absolute atomic E-state index is 11.6. The van der Waals surface area contributed by atoms with Crippen LogP contribution in [0.4, 0.5) is 0 Å². The Morgan fingerprint density at radius 3 is 2.80 bits per heavy atom. The summed E-state index contributed by atoms with van der Waals surface area (Å²) in [5, 5.41) is 3.31. The molecule has 2 atom stereocenters. The van der Waals surface area contributed by atoms with E-state index in [2.05, 4.69) is 29.1 Å². The molecule has 0 aliphatic rings. The molecule has 6 heteroatoms. The van der Waals surface area contributed by atoms with Crippen LogP contribution in [0.25, 0.3) is 0 Å². The Balaban J connectivity index is 2.61. The van der Waals surface area contributed by atoms with E-state index in [0.717, 1.165) is 12.1 Å². The summed E-state index contributed by atoms with van der Waals surface area (Å²) in [5.74, 6) is 0.165. The third-order valence-electron chi connectivity index (χ3n) is 3.04. The fourth-order valence-electron chi connectivity index (χ4n) is 2.16. The summed E-state index contributed by atoms with van der Waals surface area (Å²) in [6.07, 6.45) is 4.75. The van der Waals surface area contributed by atoms with Crippen LogP contribution in [0.2, 0.25) is 0 Å². The van der Waals surface area contributed by atoms with Gasteiger partial charge in [0.1, 0.15) is 0 Å².